The fraction of sp³-hybridized carbons (Fsp3) is 0.0800. The lowest BCUT2D eigenvalue weighted by Crippen LogP contribution is -2.12. The van der Waals surface area contributed by atoms with Gasteiger partial charge in [0.1, 0.15) is 0 Å². The number of aryl methyl sites for hydroxylation is 2. The van der Waals surface area contributed by atoms with Crippen LogP contribution in [0.3, 0.4) is 0 Å². The van der Waals surface area contributed by atoms with Gasteiger partial charge in [0, 0.05) is 5.56 Å². The Kier molecular flexibility index (Phi) is 3.96. The highest BCUT2D eigenvalue weighted by atomic mass is 16.4. The van der Waals surface area contributed by atoms with Gasteiger partial charge < -0.3 is 8.83 Å². The summed E-state index contributed by atoms with van der Waals surface area (Å²) in [7, 11) is 0. The Hall–Kier alpha value is -4.19. The number of hydrogen-bond acceptors (Lipinski definition) is 5. The summed E-state index contributed by atoms with van der Waals surface area (Å²) in [6, 6.07) is 21.8. The number of carbonyl (C=O) groups excluding carboxylic acids is 1. The molecular weight excluding hydrogens is 390 g/mol. The number of benzene rings is 3. The maximum Gasteiger partial charge on any atom is 0.322 e. The first-order valence-electron chi connectivity index (χ1n) is 10.1. The quantitative estimate of drug-likeness (QED) is 0.425. The predicted molar refractivity (Wildman–Crippen MR) is 117 cm³/mol. The second-order valence-corrected chi connectivity index (χ2v) is 7.54. The van der Waals surface area contributed by atoms with Crippen molar-refractivity contribution in [2.24, 2.45) is 0 Å². The number of furan rings is 1. The van der Waals surface area contributed by atoms with Crippen molar-refractivity contribution in [3.05, 3.63) is 89.7 Å². The molecule has 1 aliphatic carbocycles. The third-order valence-electron chi connectivity index (χ3n) is 5.69. The smallest absolute Gasteiger partial charge is 0.322 e. The van der Waals surface area contributed by atoms with Gasteiger partial charge in [-0.2, -0.15) is 0 Å². The van der Waals surface area contributed by atoms with E-state index in [0.717, 1.165) is 24.0 Å². The summed E-state index contributed by atoms with van der Waals surface area (Å²) in [6.45, 7) is 0. The highest BCUT2D eigenvalue weighted by Gasteiger charge is 2.18. The summed E-state index contributed by atoms with van der Waals surface area (Å²) in [5.74, 6) is 0.339. The zero-order valence-corrected chi connectivity index (χ0v) is 16.5. The molecule has 6 nitrogen and oxygen atoms in total. The summed E-state index contributed by atoms with van der Waals surface area (Å²) in [4.78, 5) is 12.8. The van der Waals surface area contributed by atoms with Crippen LogP contribution < -0.4 is 5.32 Å². The maximum atomic E-state index is 12.8. The highest BCUT2D eigenvalue weighted by Crippen LogP contribution is 2.37. The van der Waals surface area contributed by atoms with Crippen LogP contribution in [-0.2, 0) is 12.8 Å². The molecule has 0 bridgehead atoms. The number of hydrogen-bond donors (Lipinski definition) is 1. The Labute approximate surface area is 177 Å². The van der Waals surface area contributed by atoms with Gasteiger partial charge in [0.15, 0.2) is 5.76 Å². The van der Waals surface area contributed by atoms with Gasteiger partial charge in [-0.1, -0.05) is 47.6 Å². The molecule has 0 saturated heterocycles. The van der Waals surface area contributed by atoms with Crippen LogP contribution >= 0.6 is 0 Å². The standard InChI is InChI=1S/C25H17N3O3/c29-23(26-25-28-27-24(31-25)21-8-3-13-30-21)18-6-1-5-17(14-18)19-12-11-16-10-9-15-4-2-7-20(19)22(15)16/h1-8,11-14H,9-10H2,(H,26,28,29). The summed E-state index contributed by atoms with van der Waals surface area (Å²) in [6.07, 6.45) is 3.69. The fourth-order valence-electron chi connectivity index (χ4n) is 4.27. The first-order valence-corrected chi connectivity index (χ1v) is 10.1. The number of carbonyl (C=O) groups is 1. The van der Waals surface area contributed by atoms with Crippen molar-refractivity contribution in [2.75, 3.05) is 5.32 Å². The normalized spacial score (nSPS) is 12.4. The molecule has 0 aliphatic heterocycles. The monoisotopic (exact) mass is 407 g/mol. The summed E-state index contributed by atoms with van der Waals surface area (Å²) in [5, 5.41) is 13.0. The van der Waals surface area contributed by atoms with Crippen LogP contribution in [0.15, 0.2) is 81.8 Å². The van der Waals surface area contributed by atoms with Crippen molar-refractivity contribution in [2.45, 2.75) is 12.8 Å². The number of nitrogens with one attached hydrogen (secondary N) is 1. The third kappa shape index (κ3) is 3.00. The van der Waals surface area contributed by atoms with Crippen LogP contribution in [-0.4, -0.2) is 16.1 Å². The Morgan fingerprint density at radius 3 is 2.65 bits per heavy atom. The minimum absolute atomic E-state index is 0.0205. The van der Waals surface area contributed by atoms with E-state index >= 15 is 0 Å². The average molecular weight is 407 g/mol. The first kappa shape index (κ1) is 17.7. The lowest BCUT2D eigenvalue weighted by Gasteiger charge is -2.10. The molecule has 0 radical (unpaired) electrons. The molecular formula is C25H17N3O3. The van der Waals surface area contributed by atoms with Gasteiger partial charge >= 0.3 is 6.01 Å². The minimum atomic E-state index is -0.317. The topological polar surface area (TPSA) is 81.2 Å². The molecule has 1 amide bonds. The van der Waals surface area contributed by atoms with Gasteiger partial charge in [-0.3, -0.25) is 10.1 Å². The van der Waals surface area contributed by atoms with Gasteiger partial charge in [-0.15, -0.1) is 5.10 Å². The predicted octanol–water partition coefficient (Wildman–Crippen LogP) is 5.50. The fourth-order valence-corrected chi connectivity index (χ4v) is 4.27. The molecule has 2 heterocycles. The number of rotatable bonds is 4. The summed E-state index contributed by atoms with van der Waals surface area (Å²) in [5.41, 5.74) is 5.41. The van der Waals surface area contributed by atoms with Gasteiger partial charge in [-0.25, -0.2) is 0 Å². The number of nitrogens with zero attached hydrogens (tertiary/aromatic N) is 2. The molecule has 0 atom stereocenters. The molecule has 150 valence electrons. The molecule has 6 heteroatoms. The molecule has 0 fully saturated rings. The van der Waals surface area contributed by atoms with Gasteiger partial charge in [0.05, 0.1) is 6.26 Å². The second-order valence-electron chi connectivity index (χ2n) is 7.54. The van der Waals surface area contributed by atoms with Gasteiger partial charge in [-0.05, 0) is 70.1 Å². The average Bonchev–Trinajstić information content (AvgIpc) is 3.56. The van der Waals surface area contributed by atoms with Crippen molar-refractivity contribution < 1.29 is 13.6 Å². The van der Waals surface area contributed by atoms with E-state index in [-0.39, 0.29) is 17.8 Å². The highest BCUT2D eigenvalue weighted by molar-refractivity contribution is 6.06. The number of amides is 1. The van der Waals surface area contributed by atoms with Gasteiger partial charge in [0.2, 0.25) is 0 Å². The lowest BCUT2D eigenvalue weighted by atomic mass is 9.94. The molecule has 0 spiro atoms. The van der Waals surface area contributed by atoms with Crippen LogP contribution in [0.1, 0.15) is 21.5 Å². The zero-order chi connectivity index (χ0) is 20.8. The Balaban J connectivity index is 1.32. The number of aromatic nitrogens is 2. The van der Waals surface area contributed by atoms with Crippen molar-refractivity contribution >= 4 is 22.7 Å². The molecule has 1 N–H and O–H groups in total. The summed E-state index contributed by atoms with van der Waals surface area (Å²) >= 11 is 0. The van der Waals surface area contributed by atoms with E-state index in [0.29, 0.717) is 11.3 Å². The molecule has 31 heavy (non-hydrogen) atoms. The van der Waals surface area contributed by atoms with Crippen molar-refractivity contribution in [1.82, 2.24) is 10.2 Å². The van der Waals surface area contributed by atoms with Crippen molar-refractivity contribution in [3.8, 4) is 22.8 Å². The van der Waals surface area contributed by atoms with Crippen molar-refractivity contribution in [1.29, 1.82) is 0 Å². The van der Waals surface area contributed by atoms with Crippen molar-refractivity contribution in [3.63, 3.8) is 0 Å². The molecule has 0 unspecified atom stereocenters. The summed E-state index contributed by atoms with van der Waals surface area (Å²) < 4.78 is 10.7. The van der Waals surface area contributed by atoms with E-state index in [2.05, 4.69) is 45.8 Å². The molecule has 6 rings (SSSR count). The van der Waals surface area contributed by atoms with Crippen LogP contribution in [0.4, 0.5) is 6.01 Å². The molecule has 3 aromatic carbocycles. The minimum Gasteiger partial charge on any atom is -0.459 e. The molecule has 5 aromatic rings. The molecule has 0 saturated carbocycles. The van der Waals surface area contributed by atoms with E-state index < -0.39 is 0 Å². The molecule has 2 aromatic heterocycles. The number of anilines is 1. The molecule has 1 aliphatic rings. The van der Waals surface area contributed by atoms with Crippen LogP contribution in [0, 0.1) is 0 Å². The third-order valence-corrected chi connectivity index (χ3v) is 5.69. The maximum absolute atomic E-state index is 12.8. The van der Waals surface area contributed by atoms with E-state index in [9.17, 15) is 4.79 Å². The van der Waals surface area contributed by atoms with Crippen LogP contribution in [0.25, 0.3) is 33.6 Å². The van der Waals surface area contributed by atoms with Crippen LogP contribution in [0.2, 0.25) is 0 Å². The van der Waals surface area contributed by atoms with Crippen LogP contribution in [0.5, 0.6) is 0 Å². The SMILES string of the molecule is O=C(Nc1nnc(-c2ccco2)o1)c1cccc(-c2ccc3c4c(cccc24)CC3)c1. The Bertz CT molecular complexity index is 1420. The lowest BCUT2D eigenvalue weighted by molar-refractivity contribution is 0.102. The van der Waals surface area contributed by atoms with E-state index in [1.165, 1.54) is 28.2 Å². The largest absolute Gasteiger partial charge is 0.459 e. The second kappa shape index (κ2) is 6.95. The zero-order valence-electron chi connectivity index (χ0n) is 16.5. The Morgan fingerprint density at radius 1 is 0.903 bits per heavy atom. The van der Waals surface area contributed by atoms with E-state index in [4.69, 9.17) is 8.83 Å². The Morgan fingerprint density at radius 2 is 1.77 bits per heavy atom. The van der Waals surface area contributed by atoms with E-state index in [1.807, 2.05) is 18.2 Å². The van der Waals surface area contributed by atoms with E-state index in [1.54, 1.807) is 18.2 Å². The first-order chi connectivity index (χ1) is 15.3. The van der Waals surface area contributed by atoms with Gasteiger partial charge in [0.25, 0.3) is 11.8 Å².